The van der Waals surface area contributed by atoms with Crippen molar-refractivity contribution in [1.82, 2.24) is 15.1 Å². The summed E-state index contributed by atoms with van der Waals surface area (Å²) in [5, 5.41) is 3.65. The van der Waals surface area contributed by atoms with Gasteiger partial charge in [-0.1, -0.05) is 19.1 Å². The van der Waals surface area contributed by atoms with Gasteiger partial charge in [0.25, 0.3) is 0 Å². The average Bonchev–Trinajstić information content (AvgIpc) is 2.49. The maximum absolute atomic E-state index is 5.24. The summed E-state index contributed by atoms with van der Waals surface area (Å²) in [5.74, 6) is 0.911. The number of nitrogens with zero attached hydrogens (tertiary/aromatic N) is 2. The highest BCUT2D eigenvalue weighted by Crippen LogP contribution is 2.18. The van der Waals surface area contributed by atoms with Crippen molar-refractivity contribution >= 4 is 0 Å². The Kier molecular flexibility index (Phi) is 8.35. The van der Waals surface area contributed by atoms with Crippen LogP contribution in [0.15, 0.2) is 24.3 Å². The van der Waals surface area contributed by atoms with Crippen LogP contribution in [0.25, 0.3) is 0 Å². The summed E-state index contributed by atoms with van der Waals surface area (Å²) in [6.07, 6.45) is 1.15. The molecule has 0 aliphatic carbocycles. The molecule has 21 heavy (non-hydrogen) atoms. The van der Waals surface area contributed by atoms with Crippen molar-refractivity contribution in [3.8, 4) is 5.75 Å². The number of nitrogens with one attached hydrogen (secondary N) is 1. The van der Waals surface area contributed by atoms with E-state index in [4.69, 9.17) is 4.74 Å². The van der Waals surface area contributed by atoms with Gasteiger partial charge in [0.05, 0.1) is 7.11 Å². The molecule has 1 rings (SSSR count). The van der Waals surface area contributed by atoms with Crippen molar-refractivity contribution in [3.05, 3.63) is 29.8 Å². The zero-order chi connectivity index (χ0) is 15.7. The van der Waals surface area contributed by atoms with Gasteiger partial charge >= 0.3 is 0 Å². The molecule has 0 aromatic heterocycles. The van der Waals surface area contributed by atoms with Crippen molar-refractivity contribution in [2.45, 2.75) is 19.4 Å². The minimum atomic E-state index is 0.364. The molecule has 1 N–H and O–H groups in total. The first-order chi connectivity index (χ1) is 10.1. The van der Waals surface area contributed by atoms with Crippen LogP contribution in [0.5, 0.6) is 5.75 Å². The Labute approximate surface area is 130 Å². The van der Waals surface area contributed by atoms with Crippen LogP contribution in [-0.4, -0.2) is 64.2 Å². The lowest BCUT2D eigenvalue weighted by molar-refractivity contribution is 0.256. The van der Waals surface area contributed by atoms with E-state index in [-0.39, 0.29) is 0 Å². The van der Waals surface area contributed by atoms with E-state index in [1.54, 1.807) is 7.11 Å². The number of rotatable bonds is 10. The second-order valence-electron chi connectivity index (χ2n) is 5.85. The molecule has 0 amide bonds. The van der Waals surface area contributed by atoms with Gasteiger partial charge in [-0.3, -0.25) is 0 Å². The Morgan fingerprint density at radius 1 is 1.10 bits per heavy atom. The second kappa shape index (κ2) is 9.77. The maximum atomic E-state index is 5.24. The quantitative estimate of drug-likeness (QED) is 0.716. The van der Waals surface area contributed by atoms with Gasteiger partial charge in [0.1, 0.15) is 5.75 Å². The van der Waals surface area contributed by atoms with Crippen LogP contribution in [0.3, 0.4) is 0 Å². The molecule has 0 saturated heterocycles. The van der Waals surface area contributed by atoms with Gasteiger partial charge in [-0.05, 0) is 51.8 Å². The highest BCUT2D eigenvalue weighted by molar-refractivity contribution is 5.29. The molecule has 1 atom stereocenters. The molecule has 0 radical (unpaired) electrons. The van der Waals surface area contributed by atoms with Gasteiger partial charge in [0, 0.05) is 25.7 Å². The molecular formula is C17H31N3O. The highest BCUT2D eigenvalue weighted by Gasteiger charge is 2.13. The smallest absolute Gasteiger partial charge is 0.118 e. The molecule has 1 unspecified atom stereocenters. The van der Waals surface area contributed by atoms with Crippen LogP contribution in [0, 0.1) is 0 Å². The minimum absolute atomic E-state index is 0.364. The van der Waals surface area contributed by atoms with Crippen LogP contribution in [0.2, 0.25) is 0 Å². The Balaban J connectivity index is 2.65. The molecule has 0 saturated carbocycles. The monoisotopic (exact) mass is 293 g/mol. The summed E-state index contributed by atoms with van der Waals surface area (Å²) in [4.78, 5) is 4.61. The van der Waals surface area contributed by atoms with Crippen molar-refractivity contribution in [2.24, 2.45) is 0 Å². The lowest BCUT2D eigenvalue weighted by Crippen LogP contribution is -2.36. The van der Waals surface area contributed by atoms with Crippen LogP contribution in [0.1, 0.15) is 24.9 Å². The van der Waals surface area contributed by atoms with E-state index >= 15 is 0 Å². The first-order valence-corrected chi connectivity index (χ1v) is 7.77. The largest absolute Gasteiger partial charge is 0.497 e. The summed E-state index contributed by atoms with van der Waals surface area (Å²) in [6.45, 7) is 6.42. The Bertz CT molecular complexity index is 378. The first-order valence-electron chi connectivity index (χ1n) is 7.77. The third kappa shape index (κ3) is 6.93. The molecule has 0 aliphatic heterocycles. The third-order valence-corrected chi connectivity index (χ3v) is 3.58. The van der Waals surface area contributed by atoms with Gasteiger partial charge in [0.2, 0.25) is 0 Å². The van der Waals surface area contributed by atoms with E-state index in [1.807, 2.05) is 12.1 Å². The minimum Gasteiger partial charge on any atom is -0.497 e. The number of methoxy groups -OCH3 is 1. The molecule has 1 aromatic rings. The van der Waals surface area contributed by atoms with Gasteiger partial charge in [-0.25, -0.2) is 0 Å². The van der Waals surface area contributed by atoms with Gasteiger partial charge < -0.3 is 19.9 Å². The SMILES string of the molecule is CCCNC(CN(C)CCN(C)C)c1ccc(OC)cc1. The third-order valence-electron chi connectivity index (χ3n) is 3.58. The van der Waals surface area contributed by atoms with E-state index in [2.05, 4.69) is 55.3 Å². The van der Waals surface area contributed by atoms with Crippen LogP contribution in [0.4, 0.5) is 0 Å². The van der Waals surface area contributed by atoms with E-state index in [9.17, 15) is 0 Å². The maximum Gasteiger partial charge on any atom is 0.118 e. The fraction of sp³-hybridized carbons (Fsp3) is 0.647. The number of likely N-dealkylation sites (N-methyl/N-ethyl adjacent to an activating group) is 2. The first kappa shape index (κ1) is 18.0. The summed E-state index contributed by atoms with van der Waals surface area (Å²) in [6, 6.07) is 8.76. The fourth-order valence-corrected chi connectivity index (χ4v) is 2.22. The van der Waals surface area contributed by atoms with Crippen molar-refractivity contribution in [3.63, 3.8) is 0 Å². The van der Waals surface area contributed by atoms with Crippen molar-refractivity contribution in [1.29, 1.82) is 0 Å². The molecular weight excluding hydrogens is 262 g/mol. The molecule has 4 nitrogen and oxygen atoms in total. The molecule has 120 valence electrons. The van der Waals surface area contributed by atoms with E-state index in [1.165, 1.54) is 5.56 Å². The number of ether oxygens (including phenoxy) is 1. The van der Waals surface area contributed by atoms with Crippen LogP contribution in [-0.2, 0) is 0 Å². The predicted octanol–water partition coefficient (Wildman–Crippen LogP) is 2.23. The van der Waals surface area contributed by atoms with Crippen molar-refractivity contribution in [2.75, 3.05) is 54.4 Å². The molecule has 0 heterocycles. The lowest BCUT2D eigenvalue weighted by Gasteiger charge is -2.26. The second-order valence-corrected chi connectivity index (χ2v) is 5.85. The molecule has 4 heteroatoms. The average molecular weight is 293 g/mol. The normalized spacial score (nSPS) is 12.9. The van der Waals surface area contributed by atoms with Gasteiger partial charge in [-0.15, -0.1) is 0 Å². The number of hydrogen-bond donors (Lipinski definition) is 1. The standard InChI is InChI=1S/C17H31N3O/c1-6-11-18-17(14-20(4)13-12-19(2)3)15-7-9-16(21-5)10-8-15/h7-10,17-18H,6,11-14H2,1-5H3. The molecule has 0 spiro atoms. The number of hydrogen-bond acceptors (Lipinski definition) is 4. The Morgan fingerprint density at radius 3 is 2.29 bits per heavy atom. The topological polar surface area (TPSA) is 27.7 Å². The molecule has 1 aromatic carbocycles. The summed E-state index contributed by atoms with van der Waals surface area (Å²) in [7, 11) is 8.12. The van der Waals surface area contributed by atoms with E-state index < -0.39 is 0 Å². The Morgan fingerprint density at radius 2 is 1.76 bits per heavy atom. The zero-order valence-corrected chi connectivity index (χ0v) is 14.2. The highest BCUT2D eigenvalue weighted by atomic mass is 16.5. The Hall–Kier alpha value is -1.10. The van der Waals surface area contributed by atoms with Gasteiger partial charge in [0.15, 0.2) is 0 Å². The van der Waals surface area contributed by atoms with Crippen molar-refractivity contribution < 1.29 is 4.74 Å². The molecule has 0 bridgehead atoms. The zero-order valence-electron chi connectivity index (χ0n) is 14.2. The molecule has 0 fully saturated rings. The summed E-state index contributed by atoms with van der Waals surface area (Å²) in [5.41, 5.74) is 1.32. The van der Waals surface area contributed by atoms with Gasteiger partial charge in [-0.2, -0.15) is 0 Å². The van der Waals surface area contributed by atoms with E-state index in [0.717, 1.165) is 38.3 Å². The fourth-order valence-electron chi connectivity index (χ4n) is 2.22. The van der Waals surface area contributed by atoms with E-state index in [0.29, 0.717) is 6.04 Å². The number of benzene rings is 1. The summed E-state index contributed by atoms with van der Waals surface area (Å²) < 4.78 is 5.24. The predicted molar refractivity (Wildman–Crippen MR) is 90.1 cm³/mol. The lowest BCUT2D eigenvalue weighted by atomic mass is 10.1. The molecule has 0 aliphatic rings. The van der Waals surface area contributed by atoms with Crippen LogP contribution >= 0.6 is 0 Å². The van der Waals surface area contributed by atoms with Crippen LogP contribution < -0.4 is 10.1 Å². The summed E-state index contributed by atoms with van der Waals surface area (Å²) >= 11 is 0.